The van der Waals surface area contributed by atoms with Crippen LogP contribution in [-0.2, 0) is 0 Å². The average Bonchev–Trinajstić information content (AvgIpc) is 2.30. The second-order valence-electron chi connectivity index (χ2n) is 2.31. The van der Waals surface area contributed by atoms with E-state index in [2.05, 4.69) is 55.1 Å². The van der Waals surface area contributed by atoms with Gasteiger partial charge in [-0.25, -0.2) is 4.98 Å². The number of rotatable bonds is 0. The van der Waals surface area contributed by atoms with Crippen LogP contribution in [0.2, 0.25) is 5.02 Å². The summed E-state index contributed by atoms with van der Waals surface area (Å²) in [5, 5.41) is 0.767. The van der Waals surface area contributed by atoms with Crippen molar-refractivity contribution >= 4 is 67.8 Å². The van der Waals surface area contributed by atoms with Crippen molar-refractivity contribution in [3.8, 4) is 0 Å². The summed E-state index contributed by atoms with van der Waals surface area (Å²) in [6, 6.07) is 3.87. The van der Waals surface area contributed by atoms with Crippen LogP contribution in [0.15, 0.2) is 12.1 Å². The predicted molar refractivity (Wildman–Crippen MR) is 66.5 cm³/mol. The summed E-state index contributed by atoms with van der Waals surface area (Å²) in [5.74, 6) is 0. The topological polar surface area (TPSA) is 28.7 Å². The third-order valence-electron chi connectivity index (χ3n) is 1.50. The summed E-state index contributed by atoms with van der Waals surface area (Å²) in [5.41, 5.74) is 1.96. The molecule has 0 unspecified atom stereocenters. The zero-order valence-corrected chi connectivity index (χ0v) is 10.8. The number of nitrogens with one attached hydrogen (secondary N) is 1. The fourth-order valence-electron chi connectivity index (χ4n) is 0.974. The molecular formula is C7H3ClI2N2. The van der Waals surface area contributed by atoms with E-state index in [0.29, 0.717) is 0 Å². The van der Waals surface area contributed by atoms with Crippen LogP contribution in [0.25, 0.3) is 11.0 Å². The van der Waals surface area contributed by atoms with Crippen LogP contribution in [0.1, 0.15) is 0 Å². The van der Waals surface area contributed by atoms with Gasteiger partial charge in [0.25, 0.3) is 0 Å². The van der Waals surface area contributed by atoms with Crippen molar-refractivity contribution in [3.63, 3.8) is 0 Å². The number of aromatic nitrogens is 2. The minimum absolute atomic E-state index is 0.767. The molecule has 0 radical (unpaired) electrons. The first-order valence-corrected chi connectivity index (χ1v) is 5.70. The van der Waals surface area contributed by atoms with Gasteiger partial charge in [-0.1, -0.05) is 11.6 Å². The van der Waals surface area contributed by atoms with Crippen molar-refractivity contribution < 1.29 is 0 Å². The van der Waals surface area contributed by atoms with Crippen LogP contribution in [0.5, 0.6) is 0 Å². The molecule has 0 atom stereocenters. The molecule has 0 saturated carbocycles. The molecule has 1 aromatic heterocycles. The number of hydrogen-bond acceptors (Lipinski definition) is 1. The Morgan fingerprint density at radius 2 is 2.08 bits per heavy atom. The standard InChI is InChI=1S/C7H3ClI2N2/c8-3-1-5-6(2-4(3)9)12-7(10)11-5/h1-2H,(H,11,12). The van der Waals surface area contributed by atoms with Crippen molar-refractivity contribution in [2.24, 2.45) is 0 Å². The number of benzene rings is 1. The average molecular weight is 404 g/mol. The summed E-state index contributed by atoms with van der Waals surface area (Å²) in [7, 11) is 0. The number of imidazole rings is 1. The number of halogens is 3. The lowest BCUT2D eigenvalue weighted by Gasteiger charge is -1.93. The highest BCUT2D eigenvalue weighted by atomic mass is 127. The van der Waals surface area contributed by atoms with Gasteiger partial charge < -0.3 is 4.98 Å². The number of aromatic amines is 1. The lowest BCUT2D eigenvalue weighted by Crippen LogP contribution is -1.75. The monoisotopic (exact) mass is 404 g/mol. The molecule has 1 N–H and O–H groups in total. The van der Waals surface area contributed by atoms with Crippen molar-refractivity contribution in [2.45, 2.75) is 0 Å². The van der Waals surface area contributed by atoms with Gasteiger partial charge >= 0.3 is 0 Å². The second-order valence-corrected chi connectivity index (χ2v) is 4.90. The first-order chi connectivity index (χ1) is 5.66. The van der Waals surface area contributed by atoms with Crippen LogP contribution in [0.4, 0.5) is 0 Å². The van der Waals surface area contributed by atoms with E-state index in [-0.39, 0.29) is 0 Å². The van der Waals surface area contributed by atoms with Gasteiger partial charge in [-0.2, -0.15) is 0 Å². The van der Waals surface area contributed by atoms with E-state index in [9.17, 15) is 0 Å². The van der Waals surface area contributed by atoms with E-state index < -0.39 is 0 Å². The SMILES string of the molecule is Clc1cc2[nH]c(I)nc2cc1I. The summed E-state index contributed by atoms with van der Waals surface area (Å²) in [6.45, 7) is 0. The summed E-state index contributed by atoms with van der Waals surface area (Å²) >= 11 is 10.3. The van der Waals surface area contributed by atoms with Gasteiger partial charge in [0.2, 0.25) is 0 Å². The molecule has 0 saturated heterocycles. The first kappa shape index (κ1) is 9.01. The number of H-pyrrole nitrogens is 1. The molecule has 2 nitrogen and oxygen atoms in total. The highest BCUT2D eigenvalue weighted by Gasteiger charge is 2.03. The third-order valence-corrected chi connectivity index (χ3v) is 3.53. The third kappa shape index (κ3) is 1.56. The molecule has 0 aliphatic rings. The molecular weight excluding hydrogens is 401 g/mol. The Morgan fingerprint density at radius 3 is 2.83 bits per heavy atom. The molecule has 1 heterocycles. The van der Waals surface area contributed by atoms with Crippen LogP contribution < -0.4 is 0 Å². The fraction of sp³-hybridized carbons (Fsp3) is 0. The lowest BCUT2D eigenvalue weighted by atomic mass is 10.3. The van der Waals surface area contributed by atoms with Crippen molar-refractivity contribution in [1.29, 1.82) is 0 Å². The normalized spacial score (nSPS) is 10.9. The van der Waals surface area contributed by atoms with Crippen LogP contribution in [0, 0.1) is 7.40 Å². The van der Waals surface area contributed by atoms with Gasteiger partial charge in [-0.15, -0.1) is 0 Å². The Hall–Kier alpha value is 0.440. The van der Waals surface area contributed by atoms with Crippen molar-refractivity contribution in [1.82, 2.24) is 9.97 Å². The molecule has 5 heteroatoms. The van der Waals surface area contributed by atoms with E-state index in [1.165, 1.54) is 0 Å². The van der Waals surface area contributed by atoms with Crippen LogP contribution in [-0.4, -0.2) is 9.97 Å². The molecule has 0 fully saturated rings. The maximum Gasteiger partial charge on any atom is 0.169 e. The van der Waals surface area contributed by atoms with E-state index in [1.807, 2.05) is 12.1 Å². The van der Waals surface area contributed by atoms with E-state index in [0.717, 1.165) is 23.5 Å². The van der Waals surface area contributed by atoms with Crippen LogP contribution >= 0.6 is 56.8 Å². The zero-order valence-electron chi connectivity index (χ0n) is 5.74. The van der Waals surface area contributed by atoms with Gasteiger partial charge in [0, 0.05) is 3.57 Å². The number of fused-ring (bicyclic) bond motifs is 1. The molecule has 0 amide bonds. The van der Waals surface area contributed by atoms with Gasteiger partial charge in [-0.05, 0) is 57.3 Å². The van der Waals surface area contributed by atoms with E-state index in [4.69, 9.17) is 11.6 Å². The highest BCUT2D eigenvalue weighted by molar-refractivity contribution is 14.1. The molecule has 0 aliphatic carbocycles. The molecule has 2 aromatic rings. The van der Waals surface area contributed by atoms with Gasteiger partial charge in [0.15, 0.2) is 3.83 Å². The summed E-state index contributed by atoms with van der Waals surface area (Å²) in [6.07, 6.45) is 0. The lowest BCUT2D eigenvalue weighted by molar-refractivity contribution is 1.26. The molecule has 1 aromatic carbocycles. The van der Waals surface area contributed by atoms with Crippen molar-refractivity contribution in [3.05, 3.63) is 24.6 Å². The minimum atomic E-state index is 0.767. The van der Waals surface area contributed by atoms with Gasteiger partial charge in [0.1, 0.15) is 0 Å². The Labute approximate surface area is 101 Å². The second kappa shape index (κ2) is 3.30. The summed E-state index contributed by atoms with van der Waals surface area (Å²) in [4.78, 5) is 7.40. The van der Waals surface area contributed by atoms with E-state index >= 15 is 0 Å². The van der Waals surface area contributed by atoms with Crippen molar-refractivity contribution in [2.75, 3.05) is 0 Å². The smallest absolute Gasteiger partial charge is 0.169 e. The van der Waals surface area contributed by atoms with E-state index in [1.54, 1.807) is 0 Å². The largest absolute Gasteiger partial charge is 0.333 e. The molecule has 0 spiro atoms. The molecule has 0 bridgehead atoms. The Balaban J connectivity index is 2.83. The van der Waals surface area contributed by atoms with Crippen LogP contribution in [0.3, 0.4) is 0 Å². The summed E-state index contributed by atoms with van der Waals surface area (Å²) < 4.78 is 1.92. The molecule has 62 valence electrons. The molecule has 12 heavy (non-hydrogen) atoms. The quantitative estimate of drug-likeness (QED) is 0.670. The Kier molecular flexibility index (Phi) is 2.48. The predicted octanol–water partition coefficient (Wildman–Crippen LogP) is 3.43. The Bertz CT molecular complexity index is 399. The molecule has 2 rings (SSSR count). The zero-order chi connectivity index (χ0) is 8.72. The Morgan fingerprint density at radius 1 is 1.33 bits per heavy atom. The maximum absolute atomic E-state index is 5.94. The van der Waals surface area contributed by atoms with Gasteiger partial charge in [-0.3, -0.25) is 0 Å². The maximum atomic E-state index is 5.94. The van der Waals surface area contributed by atoms with Gasteiger partial charge in [0.05, 0.1) is 16.1 Å². The molecule has 0 aliphatic heterocycles. The number of nitrogens with zero attached hydrogens (tertiary/aromatic N) is 1. The first-order valence-electron chi connectivity index (χ1n) is 3.17. The number of hydrogen-bond donors (Lipinski definition) is 1. The fourth-order valence-corrected chi connectivity index (χ4v) is 2.14. The highest BCUT2D eigenvalue weighted by Crippen LogP contribution is 2.24. The minimum Gasteiger partial charge on any atom is -0.333 e.